The molecule has 1 aliphatic rings. The van der Waals surface area contributed by atoms with Gasteiger partial charge in [-0.25, -0.2) is 8.78 Å². The molecule has 2 nitrogen and oxygen atoms in total. The summed E-state index contributed by atoms with van der Waals surface area (Å²) in [4.78, 5) is 0. The van der Waals surface area contributed by atoms with Gasteiger partial charge in [0.1, 0.15) is 6.61 Å². The maximum Gasteiger partial charge on any atom is 0.330 e. The summed E-state index contributed by atoms with van der Waals surface area (Å²) >= 11 is 0. The lowest BCUT2D eigenvalue weighted by molar-refractivity contribution is -0.173. The summed E-state index contributed by atoms with van der Waals surface area (Å²) in [7, 11) is 0. The molecule has 1 rings (SSSR count). The maximum absolute atomic E-state index is 12.6. The first-order chi connectivity index (χ1) is 8.72. The number of aliphatic hydroxyl groups excluding tert-OH is 1. The Balaban J connectivity index is 2.33. The standard InChI is InChI=1S/C13H22F4O2/c1-8-3-9(2)5-10(4-8)11(18)6-19-7-13(16,17)12(14)15/h8-12,18H,3-7H2,1-2H3. The van der Waals surface area contributed by atoms with Crippen LogP contribution in [0.1, 0.15) is 33.1 Å². The number of alkyl halides is 4. The van der Waals surface area contributed by atoms with Gasteiger partial charge in [0.15, 0.2) is 0 Å². The molecule has 6 heteroatoms. The Labute approximate surface area is 111 Å². The molecule has 1 fully saturated rings. The quantitative estimate of drug-likeness (QED) is 0.759. The van der Waals surface area contributed by atoms with Crippen molar-refractivity contribution in [2.24, 2.45) is 17.8 Å². The Kier molecular flexibility index (Phi) is 6.05. The van der Waals surface area contributed by atoms with Crippen molar-refractivity contribution in [3.63, 3.8) is 0 Å². The molecule has 0 saturated heterocycles. The zero-order valence-corrected chi connectivity index (χ0v) is 11.3. The van der Waals surface area contributed by atoms with Crippen LogP contribution in [0.4, 0.5) is 17.6 Å². The van der Waals surface area contributed by atoms with Crippen molar-refractivity contribution in [3.05, 3.63) is 0 Å². The van der Waals surface area contributed by atoms with Crippen LogP contribution in [0.5, 0.6) is 0 Å². The number of ether oxygens (including phenoxy) is 1. The molecule has 0 spiro atoms. The van der Waals surface area contributed by atoms with Gasteiger partial charge >= 0.3 is 12.3 Å². The predicted molar refractivity (Wildman–Crippen MR) is 63.4 cm³/mol. The summed E-state index contributed by atoms with van der Waals surface area (Å²) in [6.07, 6.45) is -1.87. The minimum Gasteiger partial charge on any atom is -0.390 e. The number of rotatable bonds is 6. The molecule has 114 valence electrons. The molecule has 0 heterocycles. The first-order valence-corrected chi connectivity index (χ1v) is 6.64. The van der Waals surface area contributed by atoms with Crippen molar-refractivity contribution in [1.29, 1.82) is 0 Å². The molecule has 0 amide bonds. The van der Waals surface area contributed by atoms with Gasteiger partial charge in [-0.15, -0.1) is 0 Å². The molecule has 1 aliphatic carbocycles. The summed E-state index contributed by atoms with van der Waals surface area (Å²) in [6.45, 7) is 2.51. The molecule has 1 saturated carbocycles. The van der Waals surface area contributed by atoms with E-state index in [1.54, 1.807) is 0 Å². The van der Waals surface area contributed by atoms with Gasteiger partial charge in [-0.2, -0.15) is 8.78 Å². The van der Waals surface area contributed by atoms with Gasteiger partial charge in [0, 0.05) is 0 Å². The molecule has 3 atom stereocenters. The highest BCUT2D eigenvalue weighted by molar-refractivity contribution is 4.80. The van der Waals surface area contributed by atoms with Crippen LogP contribution in [-0.2, 0) is 4.74 Å². The Morgan fingerprint density at radius 2 is 1.68 bits per heavy atom. The van der Waals surface area contributed by atoms with Crippen molar-refractivity contribution >= 4 is 0 Å². The van der Waals surface area contributed by atoms with Crippen molar-refractivity contribution in [2.45, 2.75) is 51.6 Å². The summed E-state index contributed by atoms with van der Waals surface area (Å²) in [5, 5.41) is 9.89. The van der Waals surface area contributed by atoms with E-state index in [-0.39, 0.29) is 12.5 Å². The molecule has 0 aromatic heterocycles. The van der Waals surface area contributed by atoms with E-state index in [0.29, 0.717) is 11.8 Å². The van der Waals surface area contributed by atoms with E-state index in [4.69, 9.17) is 0 Å². The van der Waals surface area contributed by atoms with Crippen LogP contribution in [-0.4, -0.2) is 36.8 Å². The summed E-state index contributed by atoms with van der Waals surface area (Å²) < 4.78 is 53.6. The average Bonchev–Trinajstić information content (AvgIpc) is 2.27. The third kappa shape index (κ3) is 5.26. The Bertz CT molecular complexity index is 263. The van der Waals surface area contributed by atoms with E-state index < -0.39 is 25.1 Å². The highest BCUT2D eigenvalue weighted by atomic mass is 19.3. The number of aliphatic hydroxyl groups is 1. The highest BCUT2D eigenvalue weighted by Crippen LogP contribution is 2.34. The van der Waals surface area contributed by atoms with E-state index in [0.717, 1.165) is 19.3 Å². The van der Waals surface area contributed by atoms with E-state index in [2.05, 4.69) is 18.6 Å². The van der Waals surface area contributed by atoms with Gasteiger partial charge in [-0.3, -0.25) is 0 Å². The first-order valence-electron chi connectivity index (χ1n) is 6.64. The van der Waals surface area contributed by atoms with Crippen molar-refractivity contribution in [2.75, 3.05) is 13.2 Å². The average molecular weight is 286 g/mol. The maximum atomic E-state index is 12.6. The molecule has 0 bridgehead atoms. The number of hydrogen-bond donors (Lipinski definition) is 1. The van der Waals surface area contributed by atoms with Crippen LogP contribution >= 0.6 is 0 Å². The van der Waals surface area contributed by atoms with E-state index in [1.807, 2.05) is 0 Å². The molecule has 0 aromatic rings. The number of halogens is 4. The van der Waals surface area contributed by atoms with Gasteiger partial charge in [-0.05, 0) is 37.0 Å². The molecule has 0 aromatic carbocycles. The van der Waals surface area contributed by atoms with Gasteiger partial charge < -0.3 is 9.84 Å². The SMILES string of the molecule is CC1CC(C)CC(C(O)COCC(F)(F)C(F)F)C1. The third-order valence-corrected chi connectivity index (χ3v) is 3.66. The highest BCUT2D eigenvalue weighted by Gasteiger charge is 2.41. The fraction of sp³-hybridized carbons (Fsp3) is 1.00. The van der Waals surface area contributed by atoms with Gasteiger partial charge in [0.2, 0.25) is 0 Å². The molecular weight excluding hydrogens is 264 g/mol. The minimum absolute atomic E-state index is 0.000998. The second kappa shape index (κ2) is 6.88. The fourth-order valence-electron chi connectivity index (χ4n) is 2.84. The Morgan fingerprint density at radius 3 is 2.16 bits per heavy atom. The van der Waals surface area contributed by atoms with Crippen LogP contribution in [0.3, 0.4) is 0 Å². The lowest BCUT2D eigenvalue weighted by Crippen LogP contribution is -2.36. The van der Waals surface area contributed by atoms with Crippen LogP contribution < -0.4 is 0 Å². The minimum atomic E-state index is -4.15. The van der Waals surface area contributed by atoms with Crippen molar-refractivity contribution < 1.29 is 27.4 Å². The Hall–Kier alpha value is -0.360. The molecule has 19 heavy (non-hydrogen) atoms. The van der Waals surface area contributed by atoms with E-state index in [9.17, 15) is 22.7 Å². The Morgan fingerprint density at radius 1 is 1.16 bits per heavy atom. The van der Waals surface area contributed by atoms with Crippen LogP contribution in [0, 0.1) is 17.8 Å². The monoisotopic (exact) mass is 286 g/mol. The number of hydrogen-bond acceptors (Lipinski definition) is 2. The molecule has 0 radical (unpaired) electrons. The largest absolute Gasteiger partial charge is 0.390 e. The summed E-state index contributed by atoms with van der Waals surface area (Å²) in [6, 6.07) is 0. The van der Waals surface area contributed by atoms with E-state index in [1.165, 1.54) is 0 Å². The lowest BCUT2D eigenvalue weighted by atomic mass is 9.74. The second-order valence-corrected chi connectivity index (χ2v) is 5.82. The topological polar surface area (TPSA) is 29.5 Å². The molecule has 1 N–H and O–H groups in total. The van der Waals surface area contributed by atoms with Crippen LogP contribution in [0.2, 0.25) is 0 Å². The predicted octanol–water partition coefficient (Wildman–Crippen LogP) is 3.34. The zero-order valence-electron chi connectivity index (χ0n) is 11.3. The summed E-state index contributed by atoms with van der Waals surface area (Å²) in [5.74, 6) is -3.19. The fourth-order valence-corrected chi connectivity index (χ4v) is 2.84. The zero-order chi connectivity index (χ0) is 14.6. The van der Waals surface area contributed by atoms with E-state index >= 15 is 0 Å². The summed E-state index contributed by atoms with van der Waals surface area (Å²) in [5.41, 5.74) is 0. The van der Waals surface area contributed by atoms with Crippen LogP contribution in [0.15, 0.2) is 0 Å². The molecule has 0 aliphatic heterocycles. The van der Waals surface area contributed by atoms with Crippen molar-refractivity contribution in [3.8, 4) is 0 Å². The van der Waals surface area contributed by atoms with Gasteiger partial charge in [-0.1, -0.05) is 13.8 Å². The normalized spacial score (nSPS) is 30.6. The first kappa shape index (κ1) is 16.7. The second-order valence-electron chi connectivity index (χ2n) is 5.82. The third-order valence-electron chi connectivity index (χ3n) is 3.66. The lowest BCUT2D eigenvalue weighted by Gasteiger charge is -2.34. The molecular formula is C13H22F4O2. The molecule has 3 unspecified atom stereocenters. The smallest absolute Gasteiger partial charge is 0.330 e. The van der Waals surface area contributed by atoms with Gasteiger partial charge in [0.25, 0.3) is 0 Å². The van der Waals surface area contributed by atoms with Crippen molar-refractivity contribution in [1.82, 2.24) is 0 Å². The van der Waals surface area contributed by atoms with Crippen LogP contribution in [0.25, 0.3) is 0 Å². The van der Waals surface area contributed by atoms with Gasteiger partial charge in [0.05, 0.1) is 12.7 Å².